The predicted octanol–water partition coefficient (Wildman–Crippen LogP) is 18.4. The molecule has 0 radical (unpaired) electrons. The molecule has 6 heterocycles. The predicted molar refractivity (Wildman–Crippen MR) is 280 cm³/mol. The van der Waals surface area contributed by atoms with Gasteiger partial charge in [0.05, 0.1) is 22.7 Å². The van der Waals surface area contributed by atoms with Gasteiger partial charge in [-0.1, -0.05) is 113 Å². The van der Waals surface area contributed by atoms with Crippen molar-refractivity contribution in [3.05, 3.63) is 192 Å². The van der Waals surface area contributed by atoms with E-state index in [0.717, 1.165) is 55.3 Å². The Kier molecular flexibility index (Phi) is 7.10. The van der Waals surface area contributed by atoms with Crippen LogP contribution in [0.1, 0.15) is 49.9 Å². The van der Waals surface area contributed by atoms with Crippen LogP contribution in [-0.4, -0.2) is 0 Å². The largest absolute Gasteiger partial charge is 0.456 e. The lowest BCUT2D eigenvalue weighted by molar-refractivity contribution is 0.601. The van der Waals surface area contributed by atoms with E-state index in [1.54, 1.807) is 0 Å². The van der Waals surface area contributed by atoms with Crippen LogP contribution in [0.25, 0.3) is 85.6 Å². The van der Waals surface area contributed by atoms with Crippen LogP contribution in [0.5, 0.6) is 0 Å². The maximum atomic E-state index is 7.23. The van der Waals surface area contributed by atoms with E-state index >= 15 is 0 Å². The fourth-order valence-electron chi connectivity index (χ4n) is 11.7. The third-order valence-corrected chi connectivity index (χ3v) is 17.1. The van der Waals surface area contributed by atoms with Crippen molar-refractivity contribution in [2.24, 2.45) is 0 Å². The Morgan fingerprint density at radius 2 is 0.742 bits per heavy atom. The van der Waals surface area contributed by atoms with Crippen molar-refractivity contribution in [2.75, 3.05) is 9.80 Å². The number of thiophene rings is 2. The summed E-state index contributed by atoms with van der Waals surface area (Å²) in [5, 5.41) is 14.1. The lowest BCUT2D eigenvalue weighted by atomic mass is 9.72. The van der Waals surface area contributed by atoms with E-state index in [1.807, 2.05) is 22.7 Å². The Morgan fingerprint density at radius 1 is 0.364 bits per heavy atom. The third kappa shape index (κ3) is 4.82. The highest BCUT2D eigenvalue weighted by Gasteiger charge is 2.42. The maximum absolute atomic E-state index is 7.23. The van der Waals surface area contributed by atoms with Gasteiger partial charge in [-0.25, -0.2) is 0 Å². The second-order valence-corrected chi connectivity index (χ2v) is 21.4. The zero-order valence-electron chi connectivity index (χ0n) is 36.7. The molecular weight excluding hydrogens is 845 g/mol. The Hall–Kier alpha value is -7.38. The molecule has 314 valence electrons. The molecule has 0 unspecified atom stereocenters. The van der Waals surface area contributed by atoms with Gasteiger partial charge >= 0.3 is 0 Å². The first-order chi connectivity index (χ1) is 32.2. The van der Waals surface area contributed by atoms with Crippen molar-refractivity contribution in [1.82, 2.24) is 0 Å². The Morgan fingerprint density at radius 3 is 1.15 bits per heavy atom. The molecule has 0 fully saturated rings. The summed E-state index contributed by atoms with van der Waals surface area (Å²) in [6.07, 6.45) is 0. The van der Waals surface area contributed by atoms with Crippen LogP contribution < -0.4 is 9.80 Å². The van der Waals surface area contributed by atoms with Crippen LogP contribution in [0.3, 0.4) is 0 Å². The summed E-state index contributed by atoms with van der Waals surface area (Å²) in [4.78, 5) is 4.96. The van der Waals surface area contributed by atoms with Crippen molar-refractivity contribution in [2.45, 2.75) is 38.5 Å². The molecule has 2 aliphatic heterocycles. The molecule has 0 spiro atoms. The molecule has 66 heavy (non-hydrogen) atoms. The van der Waals surface area contributed by atoms with E-state index < -0.39 is 0 Å². The minimum Gasteiger partial charge on any atom is -0.456 e. The summed E-state index contributed by atoms with van der Waals surface area (Å²) in [6.45, 7) is 9.45. The first kappa shape index (κ1) is 36.9. The summed E-state index contributed by atoms with van der Waals surface area (Å²) in [5.74, 6) is 0. The average molecular weight is 885 g/mol. The minimum absolute atomic E-state index is 0.367. The van der Waals surface area contributed by atoms with E-state index in [0.29, 0.717) is 0 Å². The fraction of sp³-hybridized carbons (Fsp3) is 0.100. The maximum Gasteiger partial charge on any atom is 0.141 e. The van der Waals surface area contributed by atoms with Gasteiger partial charge in [-0.3, -0.25) is 0 Å². The summed E-state index contributed by atoms with van der Waals surface area (Å²) in [6, 6.07) is 62.7. The average Bonchev–Trinajstić information content (AvgIpc) is 4.12. The second-order valence-electron chi connectivity index (χ2n) is 19.3. The van der Waals surface area contributed by atoms with Gasteiger partial charge in [0, 0.05) is 52.9 Å². The summed E-state index contributed by atoms with van der Waals surface area (Å²) >= 11 is 3.67. The van der Waals surface area contributed by atoms with Gasteiger partial charge in [0.25, 0.3) is 0 Å². The molecule has 0 aliphatic carbocycles. The van der Waals surface area contributed by atoms with Crippen molar-refractivity contribution in [1.29, 1.82) is 0 Å². The first-order valence-electron chi connectivity index (χ1n) is 22.7. The van der Waals surface area contributed by atoms with Crippen LogP contribution in [-0.2, 0) is 10.8 Å². The number of anilines is 6. The second kappa shape index (κ2) is 12.7. The molecule has 9 aromatic carbocycles. The lowest BCUT2D eigenvalue weighted by Gasteiger charge is -2.41. The molecular formula is C60H40N2O2S2. The van der Waals surface area contributed by atoms with Crippen LogP contribution in [0, 0.1) is 0 Å². The number of nitrogens with zero attached hydrogens (tertiary/aromatic N) is 2. The molecule has 2 aliphatic rings. The standard InChI is InChI=1S/C60H40N2O2S2/c1-59(2)43-25-33-13-5-7-15-35(33)27-47(43)61(53-29-37-17-9-11-19-51(37)65-53)45-23-21-39-41-31-50-42(32-49(41)63-57(39)55(45)59)40-22-24-46-56(58(40)64-50)60(3,4)44-26-34-14-6-8-16-36(34)28-48(44)62(46)54-30-38-18-10-12-20-52(38)66-54/h5-32H,1-4H3. The number of rotatable bonds is 2. The molecule has 0 bridgehead atoms. The molecule has 0 saturated carbocycles. The molecule has 13 aromatic rings. The molecule has 6 heteroatoms. The highest BCUT2D eigenvalue weighted by Crippen LogP contribution is 2.59. The highest BCUT2D eigenvalue weighted by molar-refractivity contribution is 7.23. The fourth-order valence-corrected chi connectivity index (χ4v) is 13.9. The van der Waals surface area contributed by atoms with E-state index in [2.05, 4.69) is 207 Å². The van der Waals surface area contributed by atoms with Crippen molar-refractivity contribution in [3.63, 3.8) is 0 Å². The molecule has 4 aromatic heterocycles. The Labute approximate surface area is 388 Å². The monoisotopic (exact) mass is 884 g/mol. The van der Waals surface area contributed by atoms with Gasteiger partial charge in [-0.05, 0) is 128 Å². The summed E-state index contributed by atoms with van der Waals surface area (Å²) in [5.41, 5.74) is 12.5. The SMILES string of the molecule is CC1(C)c2cc3ccccc3cc2N(c2cc3ccccc3s2)c2ccc3c(oc4cc5c(cc43)oc3c4c(ccc35)N(c3cc5ccccc5s3)c3cc5ccccc5cc3C4(C)C)c21. The number of furan rings is 2. The van der Waals surface area contributed by atoms with Crippen molar-refractivity contribution >= 4 is 141 Å². The third-order valence-electron chi connectivity index (χ3n) is 14.9. The highest BCUT2D eigenvalue weighted by atomic mass is 32.1. The Bertz CT molecular complexity index is 3930. The zero-order valence-corrected chi connectivity index (χ0v) is 38.3. The summed E-state index contributed by atoms with van der Waals surface area (Å²) in [7, 11) is 0. The van der Waals surface area contributed by atoms with E-state index in [9.17, 15) is 0 Å². The first-order valence-corrected chi connectivity index (χ1v) is 24.4. The smallest absolute Gasteiger partial charge is 0.141 e. The molecule has 0 amide bonds. The summed E-state index contributed by atoms with van der Waals surface area (Å²) < 4.78 is 17.0. The van der Waals surface area contributed by atoms with Gasteiger partial charge < -0.3 is 18.6 Å². The van der Waals surface area contributed by atoms with E-state index in [4.69, 9.17) is 8.83 Å². The van der Waals surface area contributed by atoms with Gasteiger partial charge in [0.15, 0.2) is 0 Å². The van der Waals surface area contributed by atoms with Gasteiger partial charge in [0.1, 0.15) is 32.3 Å². The zero-order chi connectivity index (χ0) is 43.8. The van der Waals surface area contributed by atoms with Crippen LogP contribution >= 0.6 is 22.7 Å². The van der Waals surface area contributed by atoms with Crippen LogP contribution in [0.4, 0.5) is 32.8 Å². The Balaban J connectivity index is 0.958. The quantitative estimate of drug-likeness (QED) is 0.173. The van der Waals surface area contributed by atoms with Gasteiger partial charge in [-0.2, -0.15) is 0 Å². The van der Waals surface area contributed by atoms with Gasteiger partial charge in [0.2, 0.25) is 0 Å². The molecule has 15 rings (SSSR count). The molecule has 0 N–H and O–H groups in total. The topological polar surface area (TPSA) is 32.8 Å². The number of fused-ring (bicyclic) bond motifs is 16. The van der Waals surface area contributed by atoms with Crippen molar-refractivity contribution < 1.29 is 8.83 Å². The van der Waals surface area contributed by atoms with E-state index in [-0.39, 0.29) is 10.8 Å². The minimum atomic E-state index is -0.367. The number of hydrogen-bond acceptors (Lipinski definition) is 6. The van der Waals surface area contributed by atoms with Crippen molar-refractivity contribution in [3.8, 4) is 0 Å². The van der Waals surface area contributed by atoms with Crippen LogP contribution in [0.15, 0.2) is 179 Å². The number of hydrogen-bond donors (Lipinski definition) is 0. The lowest BCUT2D eigenvalue weighted by Crippen LogP contribution is -2.30. The molecule has 4 nitrogen and oxygen atoms in total. The van der Waals surface area contributed by atoms with Crippen LogP contribution in [0.2, 0.25) is 0 Å². The molecule has 0 atom stereocenters. The molecule has 0 saturated heterocycles. The van der Waals surface area contributed by atoms with E-state index in [1.165, 1.54) is 85.3 Å². The normalized spacial score (nSPS) is 15.2. The van der Waals surface area contributed by atoms with Gasteiger partial charge in [-0.15, -0.1) is 22.7 Å². The number of benzene rings is 9.